The first-order valence-electron chi connectivity index (χ1n) is 20.7. The van der Waals surface area contributed by atoms with Crippen LogP contribution in [0.15, 0.2) is 54.1 Å². The zero-order valence-corrected chi connectivity index (χ0v) is 34.8. The van der Waals surface area contributed by atoms with E-state index in [4.69, 9.17) is 14.2 Å². The molecule has 55 heavy (non-hydrogen) atoms. The zero-order valence-electron chi connectivity index (χ0n) is 34.8. The van der Waals surface area contributed by atoms with E-state index in [2.05, 4.69) is 28.0 Å². The van der Waals surface area contributed by atoms with Gasteiger partial charge in [-0.05, 0) is 104 Å². The van der Waals surface area contributed by atoms with Crippen molar-refractivity contribution in [3.8, 4) is 0 Å². The number of aliphatic hydroxyl groups is 3. The summed E-state index contributed by atoms with van der Waals surface area (Å²) in [4.78, 5) is 34.0. The molecule has 0 saturated carbocycles. The minimum atomic E-state index is -1.18. The van der Waals surface area contributed by atoms with E-state index >= 15 is 0 Å². The van der Waals surface area contributed by atoms with E-state index in [1.54, 1.807) is 32.0 Å². The minimum absolute atomic E-state index is 0.00403. The average molecular weight is 770 g/mol. The molecule has 2 fully saturated rings. The molecule has 0 aromatic heterocycles. The number of cyclic esters (lactones) is 1. The maximum absolute atomic E-state index is 13.8. The van der Waals surface area contributed by atoms with Gasteiger partial charge < -0.3 is 44.2 Å². The van der Waals surface area contributed by atoms with Crippen LogP contribution in [0.3, 0.4) is 0 Å². The quantitative estimate of drug-likeness (QED) is 0.268. The zero-order chi connectivity index (χ0) is 40.2. The van der Waals surface area contributed by atoms with Crippen molar-refractivity contribution >= 4 is 11.8 Å². The number of rotatable bonds is 11. The van der Waals surface area contributed by atoms with Crippen LogP contribution in [0.2, 0.25) is 0 Å². The first kappa shape index (κ1) is 45.2. The number of carbonyl (C=O) groups is 2. The predicted octanol–water partition coefficient (Wildman–Crippen LogP) is 4.83. The highest BCUT2D eigenvalue weighted by Crippen LogP contribution is 2.35. The normalized spacial score (nSPS) is 36.7. The number of esters is 1. The van der Waals surface area contributed by atoms with Gasteiger partial charge in [0.2, 0.25) is 0 Å². The van der Waals surface area contributed by atoms with Crippen LogP contribution < -0.4 is 0 Å². The van der Waals surface area contributed by atoms with Crippen molar-refractivity contribution < 1.29 is 39.1 Å². The molecular weight excluding hydrogens is 698 g/mol. The highest BCUT2D eigenvalue weighted by molar-refractivity contribution is 5.91. The second-order valence-electron chi connectivity index (χ2n) is 16.9. The van der Waals surface area contributed by atoms with Crippen LogP contribution in [0.1, 0.15) is 85.1 Å². The summed E-state index contributed by atoms with van der Waals surface area (Å²) >= 11 is 0. The summed E-state index contributed by atoms with van der Waals surface area (Å²) in [6.45, 7) is 13.7. The van der Waals surface area contributed by atoms with Crippen LogP contribution in [0.25, 0.3) is 0 Å². The van der Waals surface area contributed by atoms with Crippen molar-refractivity contribution in [3.05, 3.63) is 59.7 Å². The second-order valence-corrected chi connectivity index (χ2v) is 16.9. The Morgan fingerprint density at radius 3 is 2.29 bits per heavy atom. The Kier molecular flexibility index (Phi) is 18.0. The number of ether oxygens (including phenoxy) is 3. The predicted molar refractivity (Wildman–Crippen MR) is 215 cm³/mol. The summed E-state index contributed by atoms with van der Waals surface area (Å²) in [6.07, 6.45) is 4.53. The molecule has 3 aliphatic heterocycles. The summed E-state index contributed by atoms with van der Waals surface area (Å²) in [7, 11) is 5.64. The Morgan fingerprint density at radius 2 is 1.64 bits per heavy atom. The molecule has 4 rings (SSSR count). The molecule has 11 nitrogen and oxygen atoms in total. The monoisotopic (exact) mass is 770 g/mol. The summed E-state index contributed by atoms with van der Waals surface area (Å²) in [5, 5.41) is 34.3. The first-order chi connectivity index (χ1) is 26.2. The third-order valence-electron chi connectivity index (χ3n) is 12.0. The van der Waals surface area contributed by atoms with Crippen molar-refractivity contribution in [2.24, 2.45) is 23.7 Å². The van der Waals surface area contributed by atoms with E-state index in [0.29, 0.717) is 25.8 Å². The highest BCUT2D eigenvalue weighted by atomic mass is 16.7. The van der Waals surface area contributed by atoms with Crippen molar-refractivity contribution in [2.75, 3.05) is 47.3 Å². The van der Waals surface area contributed by atoms with Crippen LogP contribution in [0, 0.1) is 23.7 Å². The lowest BCUT2D eigenvalue weighted by molar-refractivity contribution is -0.304. The molecule has 0 bridgehead atoms. The molecule has 310 valence electrons. The van der Waals surface area contributed by atoms with Gasteiger partial charge >= 0.3 is 5.97 Å². The van der Waals surface area contributed by atoms with Gasteiger partial charge in [-0.2, -0.15) is 0 Å². The summed E-state index contributed by atoms with van der Waals surface area (Å²) in [5.74, 6) is -1.80. The van der Waals surface area contributed by atoms with Crippen molar-refractivity contribution in [2.45, 2.75) is 135 Å². The molecule has 3 heterocycles. The maximum Gasteiger partial charge on any atom is 0.308 e. The molecule has 3 N–H and O–H groups in total. The van der Waals surface area contributed by atoms with Crippen LogP contribution in [0.5, 0.6) is 0 Å². The van der Waals surface area contributed by atoms with Crippen molar-refractivity contribution in [1.82, 2.24) is 14.7 Å². The van der Waals surface area contributed by atoms with Gasteiger partial charge in [0.25, 0.3) is 0 Å². The summed E-state index contributed by atoms with van der Waals surface area (Å²) in [5.41, 5.74) is 2.09. The molecule has 3 aliphatic rings. The number of hydrogen-bond donors (Lipinski definition) is 3. The Balaban J connectivity index is 1.67. The Morgan fingerprint density at radius 1 is 0.945 bits per heavy atom. The Bertz CT molecular complexity index is 1380. The molecule has 1 aromatic carbocycles. The molecule has 0 spiro atoms. The van der Waals surface area contributed by atoms with Gasteiger partial charge in [-0.25, -0.2) is 0 Å². The molecule has 0 unspecified atom stereocenters. The van der Waals surface area contributed by atoms with E-state index < -0.39 is 60.8 Å². The highest BCUT2D eigenvalue weighted by Gasteiger charge is 2.47. The molecular formula is C44H71N3O8. The minimum Gasteiger partial charge on any atom is -0.462 e. The molecule has 0 amide bonds. The topological polar surface area (TPSA) is 132 Å². The number of likely N-dealkylation sites (N-methyl/N-ethyl adjacent to an activating group) is 1. The van der Waals surface area contributed by atoms with E-state index in [1.165, 1.54) is 12.0 Å². The van der Waals surface area contributed by atoms with E-state index in [0.717, 1.165) is 44.6 Å². The number of benzene rings is 1. The summed E-state index contributed by atoms with van der Waals surface area (Å²) < 4.78 is 19.1. The van der Waals surface area contributed by atoms with Crippen LogP contribution in [0.4, 0.5) is 0 Å². The Labute approximate surface area is 330 Å². The lowest BCUT2D eigenvalue weighted by Crippen LogP contribution is -2.63. The standard InChI is InChI=1S/C44H71N3O8/c1-9-38-35(28-46(8)27-33-16-12-10-13-17-33)24-29(2)18-19-36(48)30(3)25-34(20-23-47-21-14-11-15-22-47)43(31(4)37(49)26-39(50)54-38)55-44-42(52)40(45(6)7)41(51)32(5)53-44/h10,12-13,16-19,24,30-32,34-35,37-38,40-44,49,51-52H,9,11,14-15,20-23,25-28H2,1-8H3/b19-18+,29-24+/t30-,31+,32-,34+,35-,37-,38-,40+,41-,42-,43-,44+/m1/s1. The molecule has 12 atom stereocenters. The first-order valence-corrected chi connectivity index (χ1v) is 20.7. The van der Waals surface area contributed by atoms with Crippen molar-refractivity contribution in [1.29, 1.82) is 0 Å². The molecule has 0 aliphatic carbocycles. The lowest BCUT2D eigenvalue weighted by atomic mass is 9.79. The smallest absolute Gasteiger partial charge is 0.308 e. The van der Waals surface area contributed by atoms with Gasteiger partial charge in [0.1, 0.15) is 12.2 Å². The van der Waals surface area contributed by atoms with E-state index in [9.17, 15) is 24.9 Å². The third-order valence-corrected chi connectivity index (χ3v) is 12.0. The molecule has 0 radical (unpaired) electrons. The third kappa shape index (κ3) is 13.3. The summed E-state index contributed by atoms with van der Waals surface area (Å²) in [6, 6.07) is 9.58. The number of piperidine rings is 1. The largest absolute Gasteiger partial charge is 0.462 e. The molecule has 11 heteroatoms. The fourth-order valence-electron chi connectivity index (χ4n) is 8.71. The number of likely N-dealkylation sites (tertiary alicyclic amines) is 1. The van der Waals surface area contributed by atoms with Crippen LogP contribution in [-0.2, 0) is 30.3 Å². The number of aliphatic hydroxyl groups excluding tert-OH is 3. The van der Waals surface area contributed by atoms with Crippen LogP contribution in [-0.4, -0.2) is 138 Å². The van der Waals surface area contributed by atoms with E-state index in [1.807, 2.05) is 59.0 Å². The fraction of sp³-hybridized carbons (Fsp3) is 0.727. The van der Waals surface area contributed by atoms with Gasteiger partial charge in [-0.1, -0.05) is 75.2 Å². The number of ketones is 1. The van der Waals surface area contributed by atoms with Gasteiger partial charge in [-0.3, -0.25) is 9.59 Å². The average Bonchev–Trinajstić information content (AvgIpc) is 3.15. The fourth-order valence-corrected chi connectivity index (χ4v) is 8.71. The van der Waals surface area contributed by atoms with Gasteiger partial charge in [0.15, 0.2) is 12.1 Å². The SMILES string of the molecule is CC[C@H]1OC(=O)C[C@@H](O)[C@H](C)[C@@H](O[C@@H]2O[C@H](C)[C@@H](O)[C@H](N(C)C)[C@H]2O)[C@@H](CCN2CCCCC2)C[C@@H](C)C(=O)/C=C/C(C)=C/[C@@H]1CN(C)Cc1ccccc1. The van der Waals surface area contributed by atoms with Gasteiger partial charge in [-0.15, -0.1) is 0 Å². The molecule has 2 saturated heterocycles. The van der Waals surface area contributed by atoms with E-state index in [-0.39, 0.29) is 30.0 Å². The van der Waals surface area contributed by atoms with Crippen molar-refractivity contribution in [3.63, 3.8) is 0 Å². The maximum atomic E-state index is 13.8. The van der Waals surface area contributed by atoms with Gasteiger partial charge in [0.05, 0.1) is 36.9 Å². The number of carbonyl (C=O) groups excluding carboxylic acids is 2. The van der Waals surface area contributed by atoms with Crippen LogP contribution >= 0.6 is 0 Å². The van der Waals surface area contributed by atoms with Gasteiger partial charge in [0, 0.05) is 30.8 Å². The lowest BCUT2D eigenvalue weighted by Gasteiger charge is -2.47. The second kappa shape index (κ2) is 21.9. The number of nitrogens with zero attached hydrogens (tertiary/aromatic N) is 3. The number of hydrogen-bond acceptors (Lipinski definition) is 11. The Hall–Kier alpha value is -2.48. The molecule has 1 aromatic rings. The number of allylic oxidation sites excluding steroid dienone is 3.